The molecule has 0 fully saturated rings. The molecule has 0 bridgehead atoms. The van der Waals surface area contributed by atoms with E-state index >= 15 is 0 Å². The van der Waals surface area contributed by atoms with Crippen LogP contribution in [0.1, 0.15) is 42.6 Å². The summed E-state index contributed by atoms with van der Waals surface area (Å²) in [5.74, 6) is 0. The Hall–Kier alpha value is 4.40. The third-order valence-corrected chi connectivity index (χ3v) is 15.9. The van der Waals surface area contributed by atoms with Crippen LogP contribution in [0.5, 0.6) is 0 Å². The first-order valence-electron chi connectivity index (χ1n) is 9.28. The van der Waals surface area contributed by atoms with Gasteiger partial charge < -0.3 is 0 Å². The second-order valence-corrected chi connectivity index (χ2v) is 20.0. The normalized spacial score (nSPS) is 16.2. The molecular weight excluding hydrogens is 870 g/mol. The van der Waals surface area contributed by atoms with Gasteiger partial charge in [0.25, 0.3) is 0 Å². The summed E-state index contributed by atoms with van der Waals surface area (Å²) in [6.07, 6.45) is -0.845. The van der Waals surface area contributed by atoms with Crippen molar-refractivity contribution in [1.29, 1.82) is 0 Å². The number of rotatable bonds is 9. The van der Waals surface area contributed by atoms with Gasteiger partial charge in [0, 0.05) is 0 Å². The van der Waals surface area contributed by atoms with Gasteiger partial charge in [0.2, 0.25) is 16.3 Å². The molecule has 19 heteroatoms. The first-order valence-corrected chi connectivity index (χ1v) is 16.1. The molecule has 0 aromatic heterocycles. The predicted octanol–water partition coefficient (Wildman–Crippen LogP) is 13.7. The summed E-state index contributed by atoms with van der Waals surface area (Å²) < 4.78 is -20.8. The van der Waals surface area contributed by atoms with Gasteiger partial charge in [-0.25, -0.2) is 5.11 Å². The van der Waals surface area contributed by atoms with Crippen molar-refractivity contribution in [3.05, 3.63) is 34.9 Å². The van der Waals surface area contributed by atoms with Crippen LogP contribution in [0.2, 0.25) is 0 Å². The standard InChI is InChI=1S/C18H11Cl18O/c1-2-3-10(37)8-5-4-7(11(19,20)13(23,24)15(27,28)17(31,32)33)6-9(8)12(21,22)14(25,26)16(29,30)18(34,35)36/h4-6,10H,2-3H2,1H3. The van der Waals surface area contributed by atoms with Crippen molar-refractivity contribution in [2.75, 3.05) is 0 Å². The molecule has 0 aliphatic carbocycles. The van der Waals surface area contributed by atoms with Crippen LogP contribution in [0, 0.1) is 0 Å². The van der Waals surface area contributed by atoms with Crippen molar-refractivity contribution >= 4 is 209 Å². The van der Waals surface area contributed by atoms with E-state index in [1.807, 2.05) is 0 Å². The van der Waals surface area contributed by atoms with Gasteiger partial charge in [-0.3, -0.25) is 0 Å². The largest absolute Gasteiger partial charge is 0.228 e. The van der Waals surface area contributed by atoms with Crippen LogP contribution in [-0.4, -0.2) is 24.9 Å². The van der Waals surface area contributed by atoms with E-state index in [1.165, 1.54) is 12.1 Å². The lowest BCUT2D eigenvalue weighted by Gasteiger charge is -2.46. The lowest BCUT2D eigenvalue weighted by Crippen LogP contribution is -2.55. The second-order valence-electron chi connectivity index (χ2n) is 7.52. The minimum absolute atomic E-state index is 0.0296. The quantitative estimate of drug-likeness (QED) is 0.220. The fourth-order valence-corrected chi connectivity index (χ4v) is 7.33. The fourth-order valence-electron chi connectivity index (χ4n) is 2.82. The summed E-state index contributed by atoms with van der Waals surface area (Å²) >= 11 is 112. The monoisotopic (exact) mass is 873 g/mol. The number of hydrogen-bond donors (Lipinski definition) is 0. The molecule has 0 heterocycles. The molecule has 1 aromatic rings. The average molecular weight is 881 g/mol. The Kier molecular flexibility index (Phi) is 13.9. The Balaban J connectivity index is 4.03. The highest BCUT2D eigenvalue weighted by Crippen LogP contribution is 2.68. The highest BCUT2D eigenvalue weighted by atomic mass is 35.6. The van der Waals surface area contributed by atoms with Crippen LogP contribution in [-0.2, 0) is 13.8 Å². The highest BCUT2D eigenvalue weighted by Gasteiger charge is 2.70. The van der Waals surface area contributed by atoms with Crippen molar-refractivity contribution < 1.29 is 5.11 Å². The molecule has 1 atom stereocenters. The average Bonchev–Trinajstić information content (AvgIpc) is 2.71. The van der Waals surface area contributed by atoms with Crippen molar-refractivity contribution in [2.24, 2.45) is 0 Å². The van der Waals surface area contributed by atoms with Crippen LogP contribution in [0.15, 0.2) is 18.2 Å². The third kappa shape index (κ3) is 7.29. The van der Waals surface area contributed by atoms with Gasteiger partial charge in [0.1, 0.15) is 6.10 Å². The van der Waals surface area contributed by atoms with E-state index in [-0.39, 0.29) is 23.1 Å². The van der Waals surface area contributed by atoms with Gasteiger partial charge in [0.05, 0.1) is 0 Å². The lowest BCUT2D eigenvalue weighted by atomic mass is 9.91. The van der Waals surface area contributed by atoms with Gasteiger partial charge >= 0.3 is 0 Å². The molecule has 1 aromatic carbocycles. The Labute approximate surface area is 304 Å². The third-order valence-electron chi connectivity index (χ3n) is 4.94. The molecule has 37 heavy (non-hydrogen) atoms. The Morgan fingerprint density at radius 2 is 0.973 bits per heavy atom. The van der Waals surface area contributed by atoms with Gasteiger partial charge in [-0.2, -0.15) is 0 Å². The van der Waals surface area contributed by atoms with Crippen molar-refractivity contribution in [2.45, 2.75) is 59.5 Å². The first-order chi connectivity index (χ1) is 16.1. The minimum atomic E-state index is -2.72. The van der Waals surface area contributed by atoms with E-state index in [0.29, 0.717) is 6.42 Å². The topological polar surface area (TPSA) is 19.9 Å². The zero-order chi connectivity index (χ0) is 29.8. The summed E-state index contributed by atoms with van der Waals surface area (Å²) in [4.78, 5) is 0. The van der Waals surface area contributed by atoms with Gasteiger partial charge in [0.15, 0.2) is 17.3 Å². The Morgan fingerprint density at radius 1 is 0.595 bits per heavy atom. The molecule has 0 spiro atoms. The molecule has 1 nitrogen and oxygen atoms in total. The molecular formula is C18H11Cl18O. The molecule has 0 saturated carbocycles. The zero-order valence-corrected chi connectivity index (χ0v) is 31.0. The molecule has 0 amide bonds. The molecule has 0 aliphatic heterocycles. The maximum atomic E-state index is 13.1. The summed E-state index contributed by atoms with van der Waals surface area (Å²) in [5, 5.41) is 13.1. The van der Waals surface area contributed by atoms with Crippen molar-refractivity contribution in [1.82, 2.24) is 0 Å². The maximum Gasteiger partial charge on any atom is 0.226 e. The van der Waals surface area contributed by atoms with Crippen LogP contribution in [0.3, 0.4) is 0 Å². The fraction of sp³-hybridized carbons (Fsp3) is 0.667. The lowest BCUT2D eigenvalue weighted by molar-refractivity contribution is 0.0794. The summed E-state index contributed by atoms with van der Waals surface area (Å²) in [5.41, 5.74) is -0.537. The van der Waals surface area contributed by atoms with E-state index < -0.39 is 39.7 Å². The molecule has 215 valence electrons. The summed E-state index contributed by atoms with van der Waals surface area (Å²) in [6.45, 7) is 1.77. The van der Waals surface area contributed by atoms with Gasteiger partial charge in [-0.15, -0.1) is 0 Å². The molecule has 0 N–H and O–H groups in total. The highest BCUT2D eigenvalue weighted by molar-refractivity contribution is 6.81. The smallest absolute Gasteiger partial charge is 0.226 e. The Morgan fingerprint density at radius 3 is 1.32 bits per heavy atom. The van der Waals surface area contributed by atoms with Crippen LogP contribution in [0.4, 0.5) is 0 Å². The van der Waals surface area contributed by atoms with E-state index in [1.54, 1.807) is 6.92 Å². The van der Waals surface area contributed by atoms with E-state index in [9.17, 15) is 5.11 Å². The summed E-state index contributed by atoms with van der Waals surface area (Å²) in [6, 6.07) is 3.59. The number of halogens is 18. The second kappa shape index (κ2) is 13.0. The van der Waals surface area contributed by atoms with Crippen LogP contribution >= 0.6 is 209 Å². The predicted molar refractivity (Wildman–Crippen MR) is 170 cm³/mol. The Bertz CT molecular complexity index is 958. The first kappa shape index (κ1) is 39.4. The van der Waals surface area contributed by atoms with E-state index in [4.69, 9.17) is 209 Å². The molecule has 1 radical (unpaired) electrons. The van der Waals surface area contributed by atoms with Crippen molar-refractivity contribution in [3.8, 4) is 0 Å². The van der Waals surface area contributed by atoms with Crippen LogP contribution in [0.25, 0.3) is 0 Å². The summed E-state index contributed by atoms with van der Waals surface area (Å²) in [7, 11) is 0. The molecule has 1 unspecified atom stereocenters. The van der Waals surface area contributed by atoms with Crippen molar-refractivity contribution in [3.63, 3.8) is 0 Å². The van der Waals surface area contributed by atoms with Gasteiger partial charge in [-0.05, 0) is 29.2 Å². The number of benzene rings is 1. The molecule has 1 rings (SSSR count). The maximum absolute atomic E-state index is 13.1. The van der Waals surface area contributed by atoms with Crippen LogP contribution < -0.4 is 0 Å². The zero-order valence-electron chi connectivity index (χ0n) is 17.4. The molecule has 0 saturated heterocycles. The SMILES string of the molecule is CCCC([O])c1ccc(C(Cl)(Cl)C(Cl)(Cl)C(Cl)(Cl)C(Cl)(Cl)Cl)cc1C(Cl)(Cl)C(Cl)(Cl)C(Cl)(Cl)C(Cl)(Cl)Cl. The van der Waals surface area contributed by atoms with E-state index in [2.05, 4.69) is 0 Å². The van der Waals surface area contributed by atoms with E-state index in [0.717, 1.165) is 6.07 Å². The number of alkyl halides is 18. The molecule has 0 aliphatic rings. The number of hydrogen-bond acceptors (Lipinski definition) is 0. The minimum Gasteiger partial charge on any atom is -0.228 e. The van der Waals surface area contributed by atoms with Gasteiger partial charge in [-0.1, -0.05) is 234 Å².